The van der Waals surface area contributed by atoms with E-state index in [0.717, 1.165) is 29.0 Å². The zero-order chi connectivity index (χ0) is 16.1. The van der Waals surface area contributed by atoms with E-state index in [2.05, 4.69) is 5.32 Å². The number of hydrogen-bond acceptors (Lipinski definition) is 3. The highest BCUT2D eigenvalue weighted by Crippen LogP contribution is 2.32. The number of carbonyl (C=O) groups is 1. The van der Waals surface area contributed by atoms with Gasteiger partial charge < -0.3 is 19.7 Å². The lowest BCUT2D eigenvalue weighted by molar-refractivity contribution is 0.174. The first-order chi connectivity index (χ1) is 11.2. The summed E-state index contributed by atoms with van der Waals surface area (Å²) in [5.41, 5.74) is 2.22. The van der Waals surface area contributed by atoms with Gasteiger partial charge in [0.05, 0.1) is 0 Å². The summed E-state index contributed by atoms with van der Waals surface area (Å²) in [6.45, 7) is 1.45. The fraction of sp³-hybridized carbons (Fsp3) is 0.278. The average molecular weight is 312 g/mol. The molecule has 1 heterocycles. The molecule has 1 aliphatic heterocycles. The van der Waals surface area contributed by atoms with Crippen LogP contribution in [-0.2, 0) is 13.0 Å². The van der Waals surface area contributed by atoms with Crippen LogP contribution in [0, 0.1) is 0 Å². The topological polar surface area (TPSA) is 50.8 Å². The molecule has 5 heteroatoms. The Hall–Kier alpha value is -2.69. The Morgan fingerprint density at radius 3 is 2.70 bits per heavy atom. The van der Waals surface area contributed by atoms with E-state index < -0.39 is 0 Å². The van der Waals surface area contributed by atoms with Crippen molar-refractivity contribution in [2.24, 2.45) is 0 Å². The van der Waals surface area contributed by atoms with Gasteiger partial charge in [-0.2, -0.15) is 0 Å². The SMILES string of the molecule is CN(Cc1ccccc1)C(=O)NCCc1ccc2c(c1)OCO2. The molecule has 0 saturated heterocycles. The van der Waals surface area contributed by atoms with Crippen LogP contribution in [0.15, 0.2) is 48.5 Å². The van der Waals surface area contributed by atoms with Crippen molar-refractivity contribution in [3.05, 3.63) is 59.7 Å². The molecular formula is C18H20N2O3. The molecule has 1 N–H and O–H groups in total. The molecule has 1 aliphatic rings. The molecular weight excluding hydrogens is 292 g/mol. The summed E-state index contributed by atoms with van der Waals surface area (Å²) in [5, 5.41) is 2.93. The number of ether oxygens (including phenoxy) is 2. The van der Waals surface area contributed by atoms with Crippen LogP contribution in [0.3, 0.4) is 0 Å². The largest absolute Gasteiger partial charge is 0.454 e. The van der Waals surface area contributed by atoms with E-state index >= 15 is 0 Å². The molecule has 0 saturated carbocycles. The maximum absolute atomic E-state index is 12.1. The molecule has 23 heavy (non-hydrogen) atoms. The van der Waals surface area contributed by atoms with Gasteiger partial charge in [-0.05, 0) is 29.7 Å². The first-order valence-electron chi connectivity index (χ1n) is 7.64. The molecule has 2 amide bonds. The zero-order valence-electron chi connectivity index (χ0n) is 13.1. The lowest BCUT2D eigenvalue weighted by Crippen LogP contribution is -2.37. The number of benzene rings is 2. The van der Waals surface area contributed by atoms with E-state index in [1.807, 2.05) is 48.5 Å². The molecule has 2 aromatic carbocycles. The van der Waals surface area contributed by atoms with Gasteiger partial charge in [-0.25, -0.2) is 4.79 Å². The number of urea groups is 1. The summed E-state index contributed by atoms with van der Waals surface area (Å²) in [5.74, 6) is 1.55. The second kappa shape index (κ2) is 7.05. The van der Waals surface area contributed by atoms with Crippen molar-refractivity contribution < 1.29 is 14.3 Å². The number of nitrogens with one attached hydrogen (secondary N) is 1. The maximum atomic E-state index is 12.1. The number of carbonyl (C=O) groups excluding carboxylic acids is 1. The summed E-state index contributed by atoms with van der Waals surface area (Å²) in [4.78, 5) is 13.8. The van der Waals surface area contributed by atoms with Gasteiger partial charge in [0.2, 0.25) is 6.79 Å². The van der Waals surface area contributed by atoms with Crippen LogP contribution in [-0.4, -0.2) is 31.3 Å². The number of rotatable bonds is 5. The molecule has 0 aromatic heterocycles. The highest BCUT2D eigenvalue weighted by molar-refractivity contribution is 5.73. The normalized spacial score (nSPS) is 12.0. The number of hydrogen-bond donors (Lipinski definition) is 1. The minimum atomic E-state index is -0.0744. The van der Waals surface area contributed by atoms with Gasteiger partial charge in [-0.1, -0.05) is 36.4 Å². The van der Waals surface area contributed by atoms with Crippen molar-refractivity contribution in [1.82, 2.24) is 10.2 Å². The highest BCUT2D eigenvalue weighted by atomic mass is 16.7. The third-order valence-electron chi connectivity index (χ3n) is 3.74. The van der Waals surface area contributed by atoms with E-state index in [4.69, 9.17) is 9.47 Å². The van der Waals surface area contributed by atoms with Gasteiger partial charge >= 0.3 is 6.03 Å². The molecule has 3 rings (SSSR count). The molecule has 0 unspecified atom stereocenters. The summed E-state index contributed by atoms with van der Waals surface area (Å²) < 4.78 is 10.6. The quantitative estimate of drug-likeness (QED) is 0.923. The van der Waals surface area contributed by atoms with E-state index in [1.165, 1.54) is 0 Å². The fourth-order valence-corrected chi connectivity index (χ4v) is 2.47. The molecule has 0 atom stereocenters. The number of fused-ring (bicyclic) bond motifs is 1. The van der Waals surface area contributed by atoms with Crippen molar-refractivity contribution in [2.45, 2.75) is 13.0 Å². The summed E-state index contributed by atoms with van der Waals surface area (Å²) >= 11 is 0. The molecule has 0 aliphatic carbocycles. The van der Waals surface area contributed by atoms with Crippen LogP contribution in [0.25, 0.3) is 0 Å². The first kappa shape index (κ1) is 15.2. The second-order valence-electron chi connectivity index (χ2n) is 5.51. The Balaban J connectivity index is 1.45. The van der Waals surface area contributed by atoms with E-state index in [-0.39, 0.29) is 12.8 Å². The lowest BCUT2D eigenvalue weighted by atomic mass is 10.1. The van der Waals surface area contributed by atoms with E-state index in [9.17, 15) is 4.79 Å². The van der Waals surface area contributed by atoms with E-state index in [1.54, 1.807) is 11.9 Å². The molecule has 0 fully saturated rings. The number of nitrogens with zero attached hydrogens (tertiary/aromatic N) is 1. The van der Waals surface area contributed by atoms with Gasteiger partial charge in [0.15, 0.2) is 11.5 Å². The minimum absolute atomic E-state index is 0.0744. The van der Waals surface area contributed by atoms with E-state index in [0.29, 0.717) is 13.1 Å². The highest BCUT2D eigenvalue weighted by Gasteiger charge is 2.13. The third kappa shape index (κ3) is 3.94. The average Bonchev–Trinajstić information content (AvgIpc) is 3.03. The van der Waals surface area contributed by atoms with Crippen LogP contribution in [0.5, 0.6) is 11.5 Å². The monoisotopic (exact) mass is 312 g/mol. The molecule has 0 spiro atoms. The number of amides is 2. The molecule has 0 bridgehead atoms. The standard InChI is InChI=1S/C18H20N2O3/c1-20(12-15-5-3-2-4-6-15)18(21)19-10-9-14-7-8-16-17(11-14)23-13-22-16/h2-8,11H,9-10,12-13H2,1H3,(H,19,21). The lowest BCUT2D eigenvalue weighted by Gasteiger charge is -2.18. The van der Waals surface area contributed by atoms with Crippen molar-refractivity contribution in [3.8, 4) is 11.5 Å². The Morgan fingerprint density at radius 1 is 1.09 bits per heavy atom. The van der Waals surface area contributed by atoms with Gasteiger partial charge in [-0.3, -0.25) is 0 Å². The Morgan fingerprint density at radius 2 is 1.87 bits per heavy atom. The Kier molecular flexibility index (Phi) is 4.66. The predicted molar refractivity (Wildman–Crippen MR) is 87.6 cm³/mol. The molecule has 5 nitrogen and oxygen atoms in total. The summed E-state index contributed by atoms with van der Waals surface area (Å²) in [6, 6.07) is 15.7. The Labute approximate surface area is 135 Å². The fourth-order valence-electron chi connectivity index (χ4n) is 2.47. The van der Waals surface area contributed by atoms with Crippen molar-refractivity contribution in [1.29, 1.82) is 0 Å². The Bertz CT molecular complexity index is 673. The van der Waals surface area contributed by atoms with Crippen molar-refractivity contribution in [3.63, 3.8) is 0 Å². The van der Waals surface area contributed by atoms with Gasteiger partial charge in [0.25, 0.3) is 0 Å². The smallest absolute Gasteiger partial charge is 0.317 e. The summed E-state index contributed by atoms with van der Waals surface area (Å²) in [6.07, 6.45) is 0.752. The van der Waals surface area contributed by atoms with Gasteiger partial charge in [-0.15, -0.1) is 0 Å². The van der Waals surface area contributed by atoms with Crippen LogP contribution in [0.1, 0.15) is 11.1 Å². The third-order valence-corrected chi connectivity index (χ3v) is 3.74. The second-order valence-corrected chi connectivity index (χ2v) is 5.51. The van der Waals surface area contributed by atoms with Crippen LogP contribution in [0.4, 0.5) is 4.79 Å². The minimum Gasteiger partial charge on any atom is -0.454 e. The first-order valence-corrected chi connectivity index (χ1v) is 7.64. The summed E-state index contributed by atoms with van der Waals surface area (Å²) in [7, 11) is 1.79. The molecule has 0 radical (unpaired) electrons. The van der Waals surface area contributed by atoms with Gasteiger partial charge in [0, 0.05) is 20.1 Å². The predicted octanol–water partition coefficient (Wildman–Crippen LogP) is 2.80. The molecule has 2 aromatic rings. The molecule has 120 valence electrons. The zero-order valence-corrected chi connectivity index (χ0v) is 13.1. The van der Waals surface area contributed by atoms with Crippen LogP contribution in [0.2, 0.25) is 0 Å². The van der Waals surface area contributed by atoms with Crippen LogP contribution < -0.4 is 14.8 Å². The van der Waals surface area contributed by atoms with Crippen molar-refractivity contribution in [2.75, 3.05) is 20.4 Å². The van der Waals surface area contributed by atoms with Crippen molar-refractivity contribution >= 4 is 6.03 Å². The van der Waals surface area contributed by atoms with Gasteiger partial charge in [0.1, 0.15) is 0 Å². The maximum Gasteiger partial charge on any atom is 0.317 e. The van der Waals surface area contributed by atoms with Crippen LogP contribution >= 0.6 is 0 Å².